The Morgan fingerprint density at radius 3 is 2.52 bits per heavy atom. The Labute approximate surface area is 169 Å². The van der Waals surface area contributed by atoms with Crippen LogP contribution in [-0.4, -0.2) is 16.4 Å². The Morgan fingerprint density at radius 2 is 1.81 bits per heavy atom. The standard InChI is InChI=1S/C18H13Cl3N4O2/c19-14-2-1-3-15(20)13(14)10-27-12-6-4-11(5-7-12)8-22-24-16-9-23-25-18(26)17(16)21/h1-9H,10H2,(H2,24,25,26). The molecule has 138 valence electrons. The summed E-state index contributed by atoms with van der Waals surface area (Å²) in [6, 6.07) is 12.6. The Bertz CT molecular complexity index is 1000. The Morgan fingerprint density at radius 1 is 1.11 bits per heavy atom. The molecule has 0 aliphatic heterocycles. The van der Waals surface area contributed by atoms with Gasteiger partial charge in [0.25, 0.3) is 5.56 Å². The van der Waals surface area contributed by atoms with Gasteiger partial charge in [0.05, 0.1) is 12.4 Å². The molecule has 0 saturated carbocycles. The van der Waals surface area contributed by atoms with Gasteiger partial charge in [0.2, 0.25) is 0 Å². The Balaban J connectivity index is 1.60. The molecule has 2 N–H and O–H groups in total. The highest BCUT2D eigenvalue weighted by Crippen LogP contribution is 2.25. The molecule has 6 nitrogen and oxygen atoms in total. The van der Waals surface area contributed by atoms with Crippen molar-refractivity contribution in [3.05, 3.63) is 85.2 Å². The fourth-order valence-corrected chi connectivity index (χ4v) is 2.75. The molecule has 3 aromatic rings. The summed E-state index contributed by atoms with van der Waals surface area (Å²) in [4.78, 5) is 11.3. The van der Waals surface area contributed by atoms with Crippen LogP contribution in [0.15, 0.2) is 58.6 Å². The number of nitrogens with zero attached hydrogens (tertiary/aromatic N) is 2. The van der Waals surface area contributed by atoms with Crippen molar-refractivity contribution in [1.82, 2.24) is 10.2 Å². The molecule has 0 radical (unpaired) electrons. The van der Waals surface area contributed by atoms with Gasteiger partial charge in [0.15, 0.2) is 0 Å². The van der Waals surface area contributed by atoms with Crippen LogP contribution in [0.3, 0.4) is 0 Å². The SMILES string of the molecule is O=c1[nH]ncc(NN=Cc2ccc(OCc3c(Cl)cccc3Cl)cc2)c1Cl. The van der Waals surface area contributed by atoms with E-state index in [1.54, 1.807) is 36.5 Å². The third-order valence-corrected chi connectivity index (χ3v) is 4.60. The average molecular weight is 424 g/mol. The number of hydrazone groups is 1. The van der Waals surface area contributed by atoms with E-state index in [0.717, 1.165) is 11.1 Å². The number of hydrogen-bond donors (Lipinski definition) is 2. The Hall–Kier alpha value is -2.54. The van der Waals surface area contributed by atoms with Crippen molar-refractivity contribution in [3.63, 3.8) is 0 Å². The van der Waals surface area contributed by atoms with Gasteiger partial charge in [-0.05, 0) is 42.0 Å². The van der Waals surface area contributed by atoms with Crippen molar-refractivity contribution >= 4 is 46.7 Å². The molecule has 1 heterocycles. The first-order valence-corrected chi connectivity index (χ1v) is 8.86. The Kier molecular flexibility index (Phi) is 6.34. The fourth-order valence-electron chi connectivity index (χ4n) is 2.11. The zero-order chi connectivity index (χ0) is 19.2. The predicted octanol–water partition coefficient (Wildman–Crippen LogP) is 4.76. The molecule has 0 amide bonds. The van der Waals surface area contributed by atoms with E-state index >= 15 is 0 Å². The van der Waals surface area contributed by atoms with Crippen molar-refractivity contribution < 1.29 is 4.74 Å². The van der Waals surface area contributed by atoms with Crippen molar-refractivity contribution in [2.24, 2.45) is 5.10 Å². The van der Waals surface area contributed by atoms with Gasteiger partial charge >= 0.3 is 0 Å². The van der Waals surface area contributed by atoms with E-state index < -0.39 is 5.56 Å². The zero-order valence-electron chi connectivity index (χ0n) is 13.7. The summed E-state index contributed by atoms with van der Waals surface area (Å²) in [5, 5.41) is 11.0. The van der Waals surface area contributed by atoms with Gasteiger partial charge in [0.1, 0.15) is 23.1 Å². The van der Waals surface area contributed by atoms with Crippen molar-refractivity contribution in [2.45, 2.75) is 6.61 Å². The van der Waals surface area contributed by atoms with Gasteiger partial charge in [-0.1, -0.05) is 40.9 Å². The van der Waals surface area contributed by atoms with Crippen molar-refractivity contribution in [3.8, 4) is 5.75 Å². The molecular weight excluding hydrogens is 411 g/mol. The summed E-state index contributed by atoms with van der Waals surface area (Å²) in [7, 11) is 0. The maximum absolute atomic E-state index is 11.3. The monoisotopic (exact) mass is 422 g/mol. The second-order valence-corrected chi connectivity index (χ2v) is 6.55. The predicted molar refractivity (Wildman–Crippen MR) is 108 cm³/mol. The van der Waals surface area contributed by atoms with Crippen LogP contribution in [0.4, 0.5) is 5.69 Å². The highest BCUT2D eigenvalue weighted by atomic mass is 35.5. The van der Waals surface area contributed by atoms with E-state index in [1.807, 2.05) is 12.1 Å². The molecule has 1 aromatic heterocycles. The lowest BCUT2D eigenvalue weighted by Crippen LogP contribution is -2.10. The van der Waals surface area contributed by atoms with Gasteiger partial charge in [-0.3, -0.25) is 10.2 Å². The maximum Gasteiger partial charge on any atom is 0.285 e. The number of benzene rings is 2. The van der Waals surface area contributed by atoms with Gasteiger partial charge in [-0.25, -0.2) is 5.10 Å². The minimum absolute atomic E-state index is 0.0101. The lowest BCUT2D eigenvalue weighted by molar-refractivity contribution is 0.306. The summed E-state index contributed by atoms with van der Waals surface area (Å²) in [5.74, 6) is 0.665. The summed E-state index contributed by atoms with van der Waals surface area (Å²) >= 11 is 18.1. The summed E-state index contributed by atoms with van der Waals surface area (Å²) in [5.41, 5.74) is 4.05. The highest BCUT2D eigenvalue weighted by Gasteiger charge is 2.06. The lowest BCUT2D eigenvalue weighted by atomic mass is 10.2. The summed E-state index contributed by atoms with van der Waals surface area (Å²) in [6.45, 7) is 0.265. The van der Waals surface area contributed by atoms with E-state index in [1.165, 1.54) is 6.20 Å². The number of rotatable bonds is 6. The molecule has 0 spiro atoms. The topological polar surface area (TPSA) is 79.4 Å². The fraction of sp³-hybridized carbons (Fsp3) is 0.0556. The largest absolute Gasteiger partial charge is 0.489 e. The number of ether oxygens (including phenoxy) is 1. The third kappa shape index (κ3) is 5.01. The number of anilines is 1. The molecule has 9 heteroatoms. The summed E-state index contributed by atoms with van der Waals surface area (Å²) < 4.78 is 5.72. The number of H-pyrrole nitrogens is 1. The van der Waals surface area contributed by atoms with E-state index in [4.69, 9.17) is 39.5 Å². The van der Waals surface area contributed by atoms with E-state index in [2.05, 4.69) is 20.7 Å². The molecule has 0 fully saturated rings. The first kappa shape index (κ1) is 19.2. The minimum Gasteiger partial charge on any atom is -0.489 e. The molecule has 0 bridgehead atoms. The molecule has 0 aliphatic carbocycles. The molecule has 2 aromatic carbocycles. The van der Waals surface area contributed by atoms with Gasteiger partial charge < -0.3 is 4.74 Å². The molecule has 0 aliphatic rings. The van der Waals surface area contributed by atoms with E-state index in [-0.39, 0.29) is 11.6 Å². The van der Waals surface area contributed by atoms with Crippen LogP contribution in [-0.2, 0) is 6.61 Å². The average Bonchev–Trinajstić information content (AvgIpc) is 2.66. The maximum atomic E-state index is 11.3. The number of halogens is 3. The lowest BCUT2D eigenvalue weighted by Gasteiger charge is -2.09. The van der Waals surface area contributed by atoms with E-state index in [9.17, 15) is 4.79 Å². The van der Waals surface area contributed by atoms with Crippen LogP contribution >= 0.6 is 34.8 Å². The zero-order valence-corrected chi connectivity index (χ0v) is 16.0. The second-order valence-electron chi connectivity index (χ2n) is 5.35. The van der Waals surface area contributed by atoms with Crippen LogP contribution in [0.5, 0.6) is 5.75 Å². The molecule has 27 heavy (non-hydrogen) atoms. The first-order chi connectivity index (χ1) is 13.0. The molecule has 0 saturated heterocycles. The molecular formula is C18H13Cl3N4O2. The van der Waals surface area contributed by atoms with Gasteiger partial charge in [-0.2, -0.15) is 10.2 Å². The third-order valence-electron chi connectivity index (χ3n) is 3.52. The quantitative estimate of drug-likeness (QED) is 0.443. The van der Waals surface area contributed by atoms with Crippen LogP contribution in [0.1, 0.15) is 11.1 Å². The first-order valence-electron chi connectivity index (χ1n) is 7.72. The van der Waals surface area contributed by atoms with Gasteiger partial charge in [-0.15, -0.1) is 0 Å². The summed E-state index contributed by atoms with van der Waals surface area (Å²) in [6.07, 6.45) is 2.95. The normalized spacial score (nSPS) is 10.9. The number of aromatic nitrogens is 2. The van der Waals surface area contributed by atoms with Crippen LogP contribution in [0.25, 0.3) is 0 Å². The van der Waals surface area contributed by atoms with Crippen LogP contribution in [0.2, 0.25) is 15.1 Å². The second kappa shape index (κ2) is 8.90. The smallest absolute Gasteiger partial charge is 0.285 e. The van der Waals surface area contributed by atoms with Crippen LogP contribution < -0.4 is 15.7 Å². The molecule has 3 rings (SSSR count). The van der Waals surface area contributed by atoms with Crippen molar-refractivity contribution in [1.29, 1.82) is 0 Å². The van der Waals surface area contributed by atoms with E-state index in [0.29, 0.717) is 21.5 Å². The van der Waals surface area contributed by atoms with Crippen LogP contribution in [0, 0.1) is 0 Å². The number of aromatic amines is 1. The van der Waals surface area contributed by atoms with Crippen molar-refractivity contribution in [2.75, 3.05) is 5.43 Å². The minimum atomic E-state index is -0.489. The molecule has 0 unspecified atom stereocenters. The molecule has 0 atom stereocenters. The number of hydrogen-bond acceptors (Lipinski definition) is 5. The van der Waals surface area contributed by atoms with Gasteiger partial charge in [0, 0.05) is 15.6 Å². The highest BCUT2D eigenvalue weighted by molar-refractivity contribution is 6.36. The number of nitrogens with one attached hydrogen (secondary N) is 2.